The second kappa shape index (κ2) is 6.32. The van der Waals surface area contributed by atoms with Gasteiger partial charge in [0.25, 0.3) is 5.56 Å². The number of aliphatic hydroxyl groups is 1. The number of aromatic nitrogens is 2. The minimum absolute atomic E-state index is 0.141. The predicted octanol–water partition coefficient (Wildman–Crippen LogP) is 2.01. The van der Waals surface area contributed by atoms with E-state index < -0.39 is 16.7 Å². The molecule has 0 saturated heterocycles. The molecule has 0 aliphatic rings. The summed E-state index contributed by atoms with van der Waals surface area (Å²) in [6, 6.07) is 6.07. The second-order valence-electron chi connectivity index (χ2n) is 5.21. The number of hydrogen-bond acceptors (Lipinski definition) is 4. The molecule has 3 aromatic rings. The summed E-state index contributed by atoms with van der Waals surface area (Å²) in [5, 5.41) is 20.2. The van der Waals surface area contributed by atoms with Crippen LogP contribution in [0.15, 0.2) is 46.2 Å². The lowest BCUT2D eigenvalue weighted by Crippen LogP contribution is -2.26. The molecule has 0 aliphatic carbocycles. The molecule has 0 atom stereocenters. The van der Waals surface area contributed by atoms with Crippen molar-refractivity contribution >= 4 is 28.7 Å². The van der Waals surface area contributed by atoms with Gasteiger partial charge in [0.15, 0.2) is 11.3 Å². The lowest BCUT2D eigenvalue weighted by atomic mass is 10.2. The molecule has 2 heterocycles. The number of rotatable bonds is 3. The largest absolute Gasteiger partial charge is 0.503 e. The van der Waals surface area contributed by atoms with Crippen molar-refractivity contribution in [1.29, 1.82) is 0 Å². The zero-order valence-electron chi connectivity index (χ0n) is 12.2. The summed E-state index contributed by atoms with van der Waals surface area (Å²) >= 11 is 11.8. The highest BCUT2D eigenvalue weighted by molar-refractivity contribution is 6.42. The van der Waals surface area contributed by atoms with Gasteiger partial charge in [-0.15, -0.1) is 0 Å². The lowest BCUT2D eigenvalue weighted by molar-refractivity contribution is 0.273. The molecule has 0 unspecified atom stereocenters. The topological polar surface area (TPSA) is 83.9 Å². The zero-order chi connectivity index (χ0) is 17.4. The third-order valence-corrected chi connectivity index (χ3v) is 4.39. The quantitative estimate of drug-likeness (QED) is 0.742. The van der Waals surface area contributed by atoms with Crippen LogP contribution in [0.5, 0.6) is 5.75 Å². The van der Waals surface area contributed by atoms with Crippen molar-refractivity contribution in [2.24, 2.45) is 0 Å². The summed E-state index contributed by atoms with van der Waals surface area (Å²) in [5.74, 6) is -0.652. The van der Waals surface area contributed by atoms with E-state index in [-0.39, 0.29) is 18.7 Å². The van der Waals surface area contributed by atoms with Gasteiger partial charge in [-0.2, -0.15) is 0 Å². The number of halogens is 2. The van der Waals surface area contributed by atoms with Crippen molar-refractivity contribution in [2.75, 3.05) is 0 Å². The maximum atomic E-state index is 12.6. The van der Waals surface area contributed by atoms with Gasteiger partial charge >= 0.3 is 0 Å². The van der Waals surface area contributed by atoms with Crippen molar-refractivity contribution in [2.45, 2.75) is 13.2 Å². The van der Waals surface area contributed by atoms with E-state index in [0.717, 1.165) is 6.07 Å². The monoisotopic (exact) mass is 366 g/mol. The second-order valence-corrected chi connectivity index (χ2v) is 6.02. The molecule has 0 amide bonds. The number of pyridine rings is 1. The first-order valence-corrected chi connectivity index (χ1v) is 7.69. The number of aliphatic hydroxyl groups excluding tert-OH is 1. The van der Waals surface area contributed by atoms with E-state index in [4.69, 9.17) is 23.2 Å². The van der Waals surface area contributed by atoms with Crippen LogP contribution in [0.2, 0.25) is 10.0 Å². The Hall–Kier alpha value is -2.28. The van der Waals surface area contributed by atoms with Crippen molar-refractivity contribution < 1.29 is 10.2 Å². The van der Waals surface area contributed by atoms with E-state index >= 15 is 0 Å². The maximum absolute atomic E-state index is 12.6. The summed E-state index contributed by atoms with van der Waals surface area (Å²) in [6.45, 7) is -0.234. The highest BCUT2D eigenvalue weighted by Gasteiger charge is 2.14. The molecule has 8 heteroatoms. The molecule has 6 nitrogen and oxygen atoms in total. The van der Waals surface area contributed by atoms with Crippen molar-refractivity contribution in [3.05, 3.63) is 78.5 Å². The minimum atomic E-state index is -0.664. The molecular weight excluding hydrogens is 355 g/mol. The third kappa shape index (κ3) is 2.80. The maximum Gasteiger partial charge on any atom is 0.279 e. The van der Waals surface area contributed by atoms with Crippen LogP contribution >= 0.6 is 23.2 Å². The van der Waals surface area contributed by atoms with Crippen LogP contribution in [0, 0.1) is 0 Å². The third-order valence-electron chi connectivity index (χ3n) is 3.65. The molecule has 0 radical (unpaired) electrons. The Labute approximate surface area is 145 Å². The highest BCUT2D eigenvalue weighted by atomic mass is 35.5. The Balaban J connectivity index is 2.23. The first-order chi connectivity index (χ1) is 11.4. The number of fused-ring (bicyclic) bond motifs is 1. The van der Waals surface area contributed by atoms with Crippen LogP contribution in [0.25, 0.3) is 5.52 Å². The van der Waals surface area contributed by atoms with Crippen molar-refractivity contribution in [1.82, 2.24) is 8.97 Å². The lowest BCUT2D eigenvalue weighted by Gasteiger charge is -2.13. The fraction of sp³-hybridized carbons (Fsp3) is 0.125. The Kier molecular flexibility index (Phi) is 4.36. The summed E-state index contributed by atoms with van der Waals surface area (Å²) in [4.78, 5) is 24.3. The number of aromatic hydroxyl groups is 1. The van der Waals surface area contributed by atoms with E-state index in [1.54, 1.807) is 18.2 Å². The van der Waals surface area contributed by atoms with Gasteiger partial charge < -0.3 is 19.2 Å². The molecule has 2 aromatic heterocycles. The molecule has 0 aliphatic heterocycles. The molecule has 24 heavy (non-hydrogen) atoms. The first kappa shape index (κ1) is 16.6. The van der Waals surface area contributed by atoms with Gasteiger partial charge in [0, 0.05) is 18.5 Å². The minimum Gasteiger partial charge on any atom is -0.503 e. The van der Waals surface area contributed by atoms with Gasteiger partial charge in [0.05, 0.1) is 28.9 Å². The summed E-state index contributed by atoms with van der Waals surface area (Å²) in [7, 11) is 0. The van der Waals surface area contributed by atoms with E-state index in [1.165, 1.54) is 21.4 Å². The molecule has 3 rings (SSSR count). The Morgan fingerprint density at radius 1 is 1.08 bits per heavy atom. The number of benzene rings is 1. The molecule has 0 saturated carbocycles. The van der Waals surface area contributed by atoms with Crippen LogP contribution in [0.4, 0.5) is 0 Å². The highest BCUT2D eigenvalue weighted by Crippen LogP contribution is 2.23. The van der Waals surface area contributed by atoms with Crippen LogP contribution < -0.4 is 11.0 Å². The van der Waals surface area contributed by atoms with Crippen molar-refractivity contribution in [3.8, 4) is 5.75 Å². The first-order valence-electron chi connectivity index (χ1n) is 6.94. The van der Waals surface area contributed by atoms with E-state index in [2.05, 4.69) is 0 Å². The van der Waals surface area contributed by atoms with E-state index in [9.17, 15) is 19.8 Å². The normalized spacial score (nSPS) is 11.1. The molecular formula is C16H12Cl2N2O4. The van der Waals surface area contributed by atoms with E-state index in [0.29, 0.717) is 21.3 Å². The van der Waals surface area contributed by atoms with Gasteiger partial charge in [-0.25, -0.2) is 0 Å². The van der Waals surface area contributed by atoms with Gasteiger partial charge in [-0.1, -0.05) is 29.3 Å². The van der Waals surface area contributed by atoms with Crippen molar-refractivity contribution in [3.63, 3.8) is 0 Å². The van der Waals surface area contributed by atoms with Crippen LogP contribution in [0.3, 0.4) is 0 Å². The average molecular weight is 367 g/mol. The standard InChI is InChI=1S/C16H12Cl2N2O4/c17-11-2-1-9(5-12(11)18)6-19-7-10(8-21)20-4-3-13(22)15(23)14(20)16(19)24/h1-5,7,21,23H,6,8H2. The molecule has 1 aromatic carbocycles. The molecule has 0 fully saturated rings. The Morgan fingerprint density at radius 2 is 1.83 bits per heavy atom. The number of hydrogen-bond donors (Lipinski definition) is 2. The fourth-order valence-corrected chi connectivity index (χ4v) is 2.80. The predicted molar refractivity (Wildman–Crippen MR) is 91.1 cm³/mol. The van der Waals surface area contributed by atoms with Gasteiger partial charge in [-0.05, 0) is 17.7 Å². The van der Waals surface area contributed by atoms with Crippen LogP contribution in [0.1, 0.15) is 11.3 Å². The zero-order valence-corrected chi connectivity index (χ0v) is 13.8. The smallest absolute Gasteiger partial charge is 0.279 e. The van der Waals surface area contributed by atoms with Crippen LogP contribution in [-0.4, -0.2) is 19.2 Å². The molecule has 0 bridgehead atoms. The van der Waals surface area contributed by atoms with Gasteiger partial charge in [-0.3, -0.25) is 9.59 Å². The SMILES string of the molecule is O=c1ccn2c(CO)cn(Cc3ccc(Cl)c(Cl)c3)c(=O)c2c1O. The summed E-state index contributed by atoms with van der Waals surface area (Å²) in [5.41, 5.74) is -0.358. The van der Waals surface area contributed by atoms with E-state index in [1.807, 2.05) is 0 Å². The Bertz CT molecular complexity index is 1060. The van der Waals surface area contributed by atoms with Gasteiger partial charge in [0.1, 0.15) is 0 Å². The fourth-order valence-electron chi connectivity index (χ4n) is 2.48. The Morgan fingerprint density at radius 3 is 2.50 bits per heavy atom. The summed E-state index contributed by atoms with van der Waals surface area (Å²) in [6.07, 6.45) is 2.80. The van der Waals surface area contributed by atoms with Gasteiger partial charge in [0.2, 0.25) is 5.43 Å². The number of nitrogens with zero attached hydrogens (tertiary/aromatic N) is 2. The summed E-state index contributed by atoms with van der Waals surface area (Å²) < 4.78 is 2.59. The van der Waals surface area contributed by atoms with Crippen LogP contribution in [-0.2, 0) is 13.2 Å². The molecule has 2 N–H and O–H groups in total. The molecule has 124 valence electrons. The average Bonchev–Trinajstić information content (AvgIpc) is 2.56. The molecule has 0 spiro atoms.